The van der Waals surface area contributed by atoms with Gasteiger partial charge in [0.25, 0.3) is 0 Å². The van der Waals surface area contributed by atoms with E-state index >= 15 is 0 Å². The minimum Gasteiger partial charge on any atom is -0.497 e. The second-order valence-corrected chi connectivity index (χ2v) is 6.57. The number of hydrogen-bond donors (Lipinski definition) is 1. The Kier molecular flexibility index (Phi) is 6.72. The first-order chi connectivity index (χ1) is 14.1. The van der Waals surface area contributed by atoms with Crippen LogP contribution in [0.1, 0.15) is 28.8 Å². The molecule has 0 fully saturated rings. The van der Waals surface area contributed by atoms with Gasteiger partial charge in [0.15, 0.2) is 17.3 Å². The minimum absolute atomic E-state index is 0.0883. The summed E-state index contributed by atoms with van der Waals surface area (Å²) < 4.78 is 21.5. The van der Waals surface area contributed by atoms with Crippen LogP contribution in [0, 0.1) is 5.92 Å². The number of esters is 1. The van der Waals surface area contributed by atoms with Crippen molar-refractivity contribution in [1.29, 1.82) is 0 Å². The molecule has 0 radical (unpaired) electrons. The van der Waals surface area contributed by atoms with Crippen molar-refractivity contribution in [2.75, 3.05) is 33.5 Å². The number of carbonyl (C=O) groups is 2. The third-order valence-electron chi connectivity index (χ3n) is 4.85. The van der Waals surface area contributed by atoms with Crippen LogP contribution in [-0.4, -0.2) is 45.2 Å². The summed E-state index contributed by atoms with van der Waals surface area (Å²) in [7, 11) is 1.55. The molecule has 154 valence electrons. The van der Waals surface area contributed by atoms with Gasteiger partial charge in [0.1, 0.15) is 24.9 Å². The SMILES string of the molecule is CCOC(=O)C(C(=O)c1ccc(OC)cc1)C(CN)c1ccc2c(c1)OCCO2. The standard InChI is InChI=1S/C22H25NO6/c1-3-27-22(25)20(21(24)14-4-7-16(26-2)8-5-14)17(13-23)15-6-9-18-19(12-15)29-11-10-28-18/h4-9,12,17,20H,3,10-11,13,23H2,1-2H3. The van der Waals surface area contributed by atoms with Crippen LogP contribution in [0.25, 0.3) is 0 Å². The number of ketones is 1. The van der Waals surface area contributed by atoms with Crippen molar-refractivity contribution in [1.82, 2.24) is 0 Å². The average molecular weight is 399 g/mol. The Morgan fingerprint density at radius 2 is 1.76 bits per heavy atom. The van der Waals surface area contributed by atoms with E-state index < -0.39 is 17.8 Å². The van der Waals surface area contributed by atoms with Crippen molar-refractivity contribution in [3.63, 3.8) is 0 Å². The zero-order valence-electron chi connectivity index (χ0n) is 16.6. The highest BCUT2D eigenvalue weighted by atomic mass is 16.6. The molecular formula is C22H25NO6. The Balaban J connectivity index is 1.97. The van der Waals surface area contributed by atoms with Crippen LogP contribution in [0.5, 0.6) is 17.2 Å². The van der Waals surface area contributed by atoms with Gasteiger partial charge in [-0.25, -0.2) is 0 Å². The third kappa shape index (κ3) is 4.51. The zero-order valence-corrected chi connectivity index (χ0v) is 16.6. The fraction of sp³-hybridized carbons (Fsp3) is 0.364. The second kappa shape index (κ2) is 9.43. The lowest BCUT2D eigenvalue weighted by molar-refractivity contribution is -0.146. The van der Waals surface area contributed by atoms with Gasteiger partial charge in [-0.3, -0.25) is 9.59 Å². The molecule has 1 heterocycles. The predicted molar refractivity (Wildman–Crippen MR) is 107 cm³/mol. The molecule has 0 saturated heterocycles. The predicted octanol–water partition coefficient (Wildman–Crippen LogP) is 2.57. The van der Waals surface area contributed by atoms with E-state index in [1.54, 1.807) is 56.5 Å². The van der Waals surface area contributed by atoms with Crippen LogP contribution >= 0.6 is 0 Å². The van der Waals surface area contributed by atoms with Crippen LogP contribution in [-0.2, 0) is 9.53 Å². The molecule has 3 rings (SSSR count). The summed E-state index contributed by atoms with van der Waals surface area (Å²) in [6.45, 7) is 2.88. The van der Waals surface area contributed by atoms with Gasteiger partial charge in [-0.2, -0.15) is 0 Å². The van der Waals surface area contributed by atoms with Gasteiger partial charge in [-0.15, -0.1) is 0 Å². The number of ether oxygens (including phenoxy) is 4. The van der Waals surface area contributed by atoms with E-state index in [1.165, 1.54) is 0 Å². The van der Waals surface area contributed by atoms with E-state index in [4.69, 9.17) is 24.7 Å². The maximum absolute atomic E-state index is 13.3. The van der Waals surface area contributed by atoms with E-state index in [2.05, 4.69) is 0 Å². The Bertz CT molecular complexity index is 864. The first-order valence-electron chi connectivity index (χ1n) is 9.53. The molecule has 0 bridgehead atoms. The second-order valence-electron chi connectivity index (χ2n) is 6.57. The van der Waals surface area contributed by atoms with Crippen molar-refractivity contribution in [3.05, 3.63) is 53.6 Å². The van der Waals surface area contributed by atoms with Gasteiger partial charge < -0.3 is 24.7 Å². The van der Waals surface area contributed by atoms with Crippen molar-refractivity contribution >= 4 is 11.8 Å². The lowest BCUT2D eigenvalue weighted by Gasteiger charge is -2.26. The van der Waals surface area contributed by atoms with Crippen LogP contribution in [0.3, 0.4) is 0 Å². The topological polar surface area (TPSA) is 97.1 Å². The molecule has 29 heavy (non-hydrogen) atoms. The number of Topliss-reactive ketones (excluding diaryl/α,β-unsaturated/α-hetero) is 1. The molecule has 1 aliphatic heterocycles. The normalized spacial score (nSPS) is 14.6. The van der Waals surface area contributed by atoms with E-state index in [9.17, 15) is 9.59 Å². The maximum Gasteiger partial charge on any atom is 0.317 e. The van der Waals surface area contributed by atoms with Crippen molar-refractivity contribution < 1.29 is 28.5 Å². The molecule has 0 aromatic heterocycles. The van der Waals surface area contributed by atoms with Gasteiger partial charge in [0.2, 0.25) is 0 Å². The van der Waals surface area contributed by atoms with Gasteiger partial charge in [-0.1, -0.05) is 6.07 Å². The molecule has 7 nitrogen and oxygen atoms in total. The fourth-order valence-electron chi connectivity index (χ4n) is 3.38. The summed E-state index contributed by atoms with van der Waals surface area (Å²) in [5.41, 5.74) is 7.13. The molecule has 7 heteroatoms. The van der Waals surface area contributed by atoms with E-state index in [-0.39, 0.29) is 18.9 Å². The molecule has 2 N–H and O–H groups in total. The van der Waals surface area contributed by atoms with Crippen molar-refractivity contribution in [3.8, 4) is 17.2 Å². The lowest BCUT2D eigenvalue weighted by Crippen LogP contribution is -2.35. The Morgan fingerprint density at radius 1 is 1.07 bits per heavy atom. The largest absolute Gasteiger partial charge is 0.497 e. The van der Waals surface area contributed by atoms with Crippen LogP contribution in [0.2, 0.25) is 0 Å². The van der Waals surface area contributed by atoms with Crippen molar-refractivity contribution in [2.24, 2.45) is 11.7 Å². The van der Waals surface area contributed by atoms with Crippen LogP contribution in [0.15, 0.2) is 42.5 Å². The summed E-state index contributed by atoms with van der Waals surface area (Å²) >= 11 is 0. The van der Waals surface area contributed by atoms with Gasteiger partial charge in [-0.05, 0) is 48.9 Å². The molecule has 0 amide bonds. The highest BCUT2D eigenvalue weighted by molar-refractivity contribution is 6.09. The fourth-order valence-corrected chi connectivity index (χ4v) is 3.38. The van der Waals surface area contributed by atoms with Crippen LogP contribution < -0.4 is 19.9 Å². The summed E-state index contributed by atoms with van der Waals surface area (Å²) in [4.78, 5) is 26.0. The first-order valence-corrected chi connectivity index (χ1v) is 9.53. The molecular weight excluding hydrogens is 374 g/mol. The summed E-state index contributed by atoms with van der Waals surface area (Å²) in [5, 5.41) is 0. The highest BCUT2D eigenvalue weighted by Gasteiger charge is 2.37. The number of benzene rings is 2. The minimum atomic E-state index is -1.07. The quantitative estimate of drug-likeness (QED) is 0.414. The number of nitrogens with two attached hydrogens (primary N) is 1. The molecule has 1 aliphatic rings. The number of fused-ring (bicyclic) bond motifs is 1. The smallest absolute Gasteiger partial charge is 0.317 e. The Morgan fingerprint density at radius 3 is 2.38 bits per heavy atom. The summed E-state index contributed by atoms with van der Waals surface area (Å²) in [6.07, 6.45) is 0. The first kappa shape index (κ1) is 20.7. The van der Waals surface area contributed by atoms with E-state index in [0.717, 1.165) is 5.56 Å². The molecule has 2 aromatic rings. The number of carbonyl (C=O) groups excluding carboxylic acids is 2. The molecule has 2 aromatic carbocycles. The summed E-state index contributed by atoms with van der Waals surface area (Å²) in [6, 6.07) is 12.0. The van der Waals surface area contributed by atoms with E-state index in [0.29, 0.717) is 36.0 Å². The van der Waals surface area contributed by atoms with Crippen LogP contribution in [0.4, 0.5) is 0 Å². The number of rotatable bonds is 8. The Labute approximate surface area is 169 Å². The number of hydrogen-bond acceptors (Lipinski definition) is 7. The molecule has 2 atom stereocenters. The lowest BCUT2D eigenvalue weighted by atomic mass is 9.81. The third-order valence-corrected chi connectivity index (χ3v) is 4.85. The molecule has 2 unspecified atom stereocenters. The Hall–Kier alpha value is -3.06. The zero-order chi connectivity index (χ0) is 20.8. The number of methoxy groups -OCH3 is 1. The highest BCUT2D eigenvalue weighted by Crippen LogP contribution is 2.36. The molecule has 0 saturated carbocycles. The summed E-state index contributed by atoms with van der Waals surface area (Å²) in [5.74, 6) is -0.765. The van der Waals surface area contributed by atoms with Gasteiger partial charge >= 0.3 is 5.97 Å². The van der Waals surface area contributed by atoms with E-state index in [1.807, 2.05) is 0 Å². The van der Waals surface area contributed by atoms with Gasteiger partial charge in [0.05, 0.1) is 13.7 Å². The van der Waals surface area contributed by atoms with Crippen molar-refractivity contribution in [2.45, 2.75) is 12.8 Å². The van der Waals surface area contributed by atoms with Gasteiger partial charge in [0, 0.05) is 18.0 Å². The average Bonchev–Trinajstić information content (AvgIpc) is 2.76. The molecule has 0 aliphatic carbocycles. The monoisotopic (exact) mass is 399 g/mol. The maximum atomic E-state index is 13.3. The molecule has 0 spiro atoms.